The molecule has 2 heterocycles. The van der Waals surface area contributed by atoms with Gasteiger partial charge in [0, 0.05) is 12.7 Å². The predicted octanol–water partition coefficient (Wildman–Crippen LogP) is -0.305. The number of nitrogens with zero attached hydrogens (tertiary/aromatic N) is 3. The summed E-state index contributed by atoms with van der Waals surface area (Å²) >= 11 is 0. The van der Waals surface area contributed by atoms with Crippen LogP contribution in [0.1, 0.15) is 13.3 Å². The Balaban J connectivity index is 2.00. The highest BCUT2D eigenvalue weighted by Gasteiger charge is 2.33. The Hall–Kier alpha value is -1.56. The fraction of sp³-hybridized carbons (Fsp3) is 0.636. The van der Waals surface area contributed by atoms with Gasteiger partial charge in [0.1, 0.15) is 12.4 Å². The topological polar surface area (TPSA) is 84.4 Å². The van der Waals surface area contributed by atoms with E-state index in [1.54, 1.807) is 17.2 Å². The summed E-state index contributed by atoms with van der Waals surface area (Å²) < 4.78 is 1.52. The zero-order valence-electron chi connectivity index (χ0n) is 9.91. The minimum absolute atomic E-state index is 0.0171. The summed E-state index contributed by atoms with van der Waals surface area (Å²) in [7, 11) is 0. The fourth-order valence-corrected chi connectivity index (χ4v) is 2.29. The molecule has 0 spiro atoms. The van der Waals surface area contributed by atoms with Crippen LogP contribution in [-0.2, 0) is 11.3 Å². The number of nitrogens with two attached hydrogens (primary N) is 1. The quantitative estimate of drug-likeness (QED) is 0.757. The molecular weight excluding hydrogens is 220 g/mol. The molecule has 1 aliphatic heterocycles. The number of amides is 1. The molecular formula is C11H18N4O2. The van der Waals surface area contributed by atoms with Gasteiger partial charge in [-0.05, 0) is 18.4 Å². The second kappa shape index (κ2) is 4.75. The average molecular weight is 238 g/mol. The van der Waals surface area contributed by atoms with Crippen LogP contribution in [-0.4, -0.2) is 44.9 Å². The van der Waals surface area contributed by atoms with E-state index in [1.165, 1.54) is 4.68 Å². The van der Waals surface area contributed by atoms with Gasteiger partial charge >= 0.3 is 0 Å². The lowest BCUT2D eigenvalue weighted by molar-refractivity contribution is -0.134. The molecule has 1 fully saturated rings. The van der Waals surface area contributed by atoms with Crippen molar-refractivity contribution in [1.29, 1.82) is 0 Å². The zero-order chi connectivity index (χ0) is 12.4. The molecule has 2 rings (SSSR count). The van der Waals surface area contributed by atoms with Crippen molar-refractivity contribution in [3.63, 3.8) is 0 Å². The number of hydrogen-bond donors (Lipinski definition) is 2. The molecule has 94 valence electrons. The smallest absolute Gasteiger partial charge is 0.244 e. The standard InChI is InChI=1S/C11H18N4O2/c1-8-2-5-15(9(8)7-16)11(17)6-14-4-3-10(12)13-14/h3-4,8-9,16H,2,5-7H2,1H3,(H2,12,13). The molecule has 0 radical (unpaired) electrons. The molecule has 0 aromatic carbocycles. The second-order valence-electron chi connectivity index (χ2n) is 4.54. The van der Waals surface area contributed by atoms with Gasteiger partial charge in [0.05, 0.1) is 12.6 Å². The molecule has 0 saturated carbocycles. The van der Waals surface area contributed by atoms with E-state index in [4.69, 9.17) is 5.73 Å². The summed E-state index contributed by atoms with van der Waals surface area (Å²) in [5, 5.41) is 13.3. The first-order chi connectivity index (χ1) is 8.11. The molecule has 2 unspecified atom stereocenters. The molecule has 6 heteroatoms. The van der Waals surface area contributed by atoms with Crippen LogP contribution in [0.25, 0.3) is 0 Å². The predicted molar refractivity (Wildman–Crippen MR) is 63.0 cm³/mol. The van der Waals surface area contributed by atoms with E-state index < -0.39 is 0 Å². The van der Waals surface area contributed by atoms with Crippen molar-refractivity contribution in [3.05, 3.63) is 12.3 Å². The maximum Gasteiger partial charge on any atom is 0.244 e. The van der Waals surface area contributed by atoms with E-state index in [9.17, 15) is 9.90 Å². The van der Waals surface area contributed by atoms with E-state index in [-0.39, 0.29) is 25.1 Å². The van der Waals surface area contributed by atoms with Crippen molar-refractivity contribution >= 4 is 11.7 Å². The Morgan fingerprint density at radius 1 is 1.71 bits per heavy atom. The minimum Gasteiger partial charge on any atom is -0.394 e. The van der Waals surface area contributed by atoms with Gasteiger partial charge in [0.15, 0.2) is 0 Å². The van der Waals surface area contributed by atoms with E-state index in [0.29, 0.717) is 18.3 Å². The Labute approximate surface area is 100 Å². The van der Waals surface area contributed by atoms with E-state index in [2.05, 4.69) is 12.0 Å². The molecule has 1 aromatic heterocycles. The number of anilines is 1. The average Bonchev–Trinajstić information content (AvgIpc) is 2.84. The normalized spacial score (nSPS) is 24.2. The number of likely N-dealkylation sites (tertiary alicyclic amines) is 1. The van der Waals surface area contributed by atoms with Gasteiger partial charge in [0.25, 0.3) is 0 Å². The Morgan fingerprint density at radius 2 is 2.47 bits per heavy atom. The first-order valence-electron chi connectivity index (χ1n) is 5.81. The summed E-state index contributed by atoms with van der Waals surface area (Å²) in [5.74, 6) is 0.745. The number of nitrogen functional groups attached to an aromatic ring is 1. The molecule has 0 aliphatic carbocycles. The van der Waals surface area contributed by atoms with Crippen molar-refractivity contribution in [2.45, 2.75) is 25.9 Å². The van der Waals surface area contributed by atoms with Crippen LogP contribution in [0.3, 0.4) is 0 Å². The van der Waals surface area contributed by atoms with Gasteiger partial charge in [-0.25, -0.2) is 0 Å². The van der Waals surface area contributed by atoms with Crippen molar-refractivity contribution in [1.82, 2.24) is 14.7 Å². The highest BCUT2D eigenvalue weighted by atomic mass is 16.3. The molecule has 1 amide bonds. The van der Waals surface area contributed by atoms with Crippen molar-refractivity contribution < 1.29 is 9.90 Å². The Morgan fingerprint density at radius 3 is 3.06 bits per heavy atom. The van der Waals surface area contributed by atoms with E-state index >= 15 is 0 Å². The van der Waals surface area contributed by atoms with Gasteiger partial charge in [0.2, 0.25) is 5.91 Å². The van der Waals surface area contributed by atoms with Crippen LogP contribution in [0.5, 0.6) is 0 Å². The second-order valence-corrected chi connectivity index (χ2v) is 4.54. The third kappa shape index (κ3) is 2.41. The largest absolute Gasteiger partial charge is 0.394 e. The lowest BCUT2D eigenvalue weighted by Gasteiger charge is -2.25. The molecule has 1 aliphatic rings. The molecule has 0 bridgehead atoms. The van der Waals surface area contributed by atoms with E-state index in [0.717, 1.165) is 6.42 Å². The van der Waals surface area contributed by atoms with Gasteiger partial charge in [-0.2, -0.15) is 5.10 Å². The first kappa shape index (κ1) is 11.9. The summed E-state index contributed by atoms with van der Waals surface area (Å²) in [5.41, 5.74) is 5.49. The van der Waals surface area contributed by atoms with Crippen molar-refractivity contribution in [2.24, 2.45) is 5.92 Å². The number of aromatic nitrogens is 2. The summed E-state index contributed by atoms with van der Waals surface area (Å²) in [6, 6.07) is 1.60. The molecule has 1 aromatic rings. The summed E-state index contributed by atoms with van der Waals surface area (Å²) in [6.45, 7) is 2.97. The van der Waals surface area contributed by atoms with Gasteiger partial charge < -0.3 is 15.7 Å². The van der Waals surface area contributed by atoms with Crippen LogP contribution in [0.15, 0.2) is 12.3 Å². The van der Waals surface area contributed by atoms with E-state index in [1.807, 2.05) is 0 Å². The number of carbonyl (C=O) groups excluding carboxylic acids is 1. The van der Waals surface area contributed by atoms with Crippen LogP contribution >= 0.6 is 0 Å². The summed E-state index contributed by atoms with van der Waals surface area (Å²) in [4.78, 5) is 13.8. The van der Waals surface area contributed by atoms with Crippen LogP contribution < -0.4 is 5.73 Å². The van der Waals surface area contributed by atoms with Crippen molar-refractivity contribution in [2.75, 3.05) is 18.9 Å². The molecule has 6 nitrogen and oxygen atoms in total. The lowest BCUT2D eigenvalue weighted by atomic mass is 10.0. The third-order valence-corrected chi connectivity index (χ3v) is 3.35. The third-order valence-electron chi connectivity index (χ3n) is 3.35. The Kier molecular flexibility index (Phi) is 3.33. The zero-order valence-corrected chi connectivity index (χ0v) is 9.91. The van der Waals surface area contributed by atoms with Crippen LogP contribution in [0, 0.1) is 5.92 Å². The lowest BCUT2D eigenvalue weighted by Crippen LogP contribution is -2.41. The molecule has 17 heavy (non-hydrogen) atoms. The number of aliphatic hydroxyl groups excluding tert-OH is 1. The van der Waals surface area contributed by atoms with Crippen molar-refractivity contribution in [3.8, 4) is 0 Å². The monoisotopic (exact) mass is 238 g/mol. The fourth-order valence-electron chi connectivity index (χ4n) is 2.29. The van der Waals surface area contributed by atoms with Crippen LogP contribution in [0.4, 0.5) is 5.82 Å². The van der Waals surface area contributed by atoms with Crippen LogP contribution in [0.2, 0.25) is 0 Å². The first-order valence-corrected chi connectivity index (χ1v) is 5.81. The number of carbonyl (C=O) groups is 1. The highest BCUT2D eigenvalue weighted by Crippen LogP contribution is 2.23. The highest BCUT2D eigenvalue weighted by molar-refractivity contribution is 5.76. The number of aliphatic hydroxyl groups is 1. The number of rotatable bonds is 3. The minimum atomic E-state index is -0.0598. The molecule has 3 N–H and O–H groups in total. The Bertz CT molecular complexity index is 404. The van der Waals surface area contributed by atoms with Gasteiger partial charge in [-0.1, -0.05) is 6.92 Å². The van der Waals surface area contributed by atoms with Gasteiger partial charge in [-0.3, -0.25) is 9.48 Å². The van der Waals surface area contributed by atoms with Gasteiger partial charge in [-0.15, -0.1) is 0 Å². The number of hydrogen-bond acceptors (Lipinski definition) is 4. The maximum absolute atomic E-state index is 12.1. The molecule has 1 saturated heterocycles. The maximum atomic E-state index is 12.1. The SMILES string of the molecule is CC1CCN(C(=O)Cn2ccc(N)n2)C1CO. The summed E-state index contributed by atoms with van der Waals surface area (Å²) in [6.07, 6.45) is 2.62. The molecule has 2 atom stereocenters.